The fourth-order valence-electron chi connectivity index (χ4n) is 2.34. The SMILES string of the molecule is CN(Cc1ccccc1)c1cnc(C(=O)NCc2ccccn2)cn1. The molecule has 6 nitrogen and oxygen atoms in total. The van der Waals surface area contributed by atoms with Crippen molar-refractivity contribution in [2.24, 2.45) is 0 Å². The maximum atomic E-state index is 12.1. The van der Waals surface area contributed by atoms with Crippen molar-refractivity contribution in [2.75, 3.05) is 11.9 Å². The smallest absolute Gasteiger partial charge is 0.271 e. The zero-order chi connectivity index (χ0) is 17.5. The highest BCUT2D eigenvalue weighted by Gasteiger charge is 2.10. The van der Waals surface area contributed by atoms with Crippen molar-refractivity contribution in [2.45, 2.75) is 13.1 Å². The zero-order valence-electron chi connectivity index (χ0n) is 14.0. The molecular formula is C19H19N5O. The summed E-state index contributed by atoms with van der Waals surface area (Å²) in [5, 5.41) is 2.79. The molecule has 25 heavy (non-hydrogen) atoms. The molecular weight excluding hydrogens is 314 g/mol. The fraction of sp³-hybridized carbons (Fsp3) is 0.158. The van der Waals surface area contributed by atoms with E-state index < -0.39 is 0 Å². The summed E-state index contributed by atoms with van der Waals surface area (Å²) in [4.78, 5) is 26.8. The summed E-state index contributed by atoms with van der Waals surface area (Å²) in [5.41, 5.74) is 2.26. The molecule has 0 spiro atoms. The molecule has 6 heteroatoms. The lowest BCUT2D eigenvalue weighted by molar-refractivity contribution is 0.0945. The molecule has 3 aromatic rings. The van der Waals surface area contributed by atoms with Crippen LogP contribution in [0.4, 0.5) is 5.82 Å². The molecule has 0 fully saturated rings. The number of benzene rings is 1. The molecule has 0 radical (unpaired) electrons. The molecule has 0 aliphatic rings. The normalized spacial score (nSPS) is 10.3. The van der Waals surface area contributed by atoms with Gasteiger partial charge in [0.05, 0.1) is 24.6 Å². The van der Waals surface area contributed by atoms with E-state index in [-0.39, 0.29) is 11.6 Å². The van der Waals surface area contributed by atoms with Gasteiger partial charge in [-0.1, -0.05) is 36.4 Å². The van der Waals surface area contributed by atoms with Crippen molar-refractivity contribution in [1.82, 2.24) is 20.3 Å². The highest BCUT2D eigenvalue weighted by Crippen LogP contribution is 2.11. The molecule has 3 rings (SSSR count). The summed E-state index contributed by atoms with van der Waals surface area (Å²) >= 11 is 0. The number of amides is 1. The standard InChI is InChI=1S/C19H19N5O/c1-24(14-15-7-3-2-4-8-15)18-13-21-17(12-22-18)19(25)23-11-16-9-5-6-10-20-16/h2-10,12-13H,11,14H2,1H3,(H,23,25). The van der Waals surface area contributed by atoms with Crippen molar-refractivity contribution in [3.63, 3.8) is 0 Å². The largest absolute Gasteiger partial charge is 0.354 e. The molecule has 126 valence electrons. The summed E-state index contributed by atoms with van der Waals surface area (Å²) in [5.74, 6) is 0.445. The third kappa shape index (κ3) is 4.60. The van der Waals surface area contributed by atoms with E-state index in [4.69, 9.17) is 0 Å². The van der Waals surface area contributed by atoms with E-state index in [2.05, 4.69) is 32.4 Å². The Kier molecular flexibility index (Phi) is 5.31. The summed E-state index contributed by atoms with van der Waals surface area (Å²) < 4.78 is 0. The number of rotatable bonds is 6. The van der Waals surface area contributed by atoms with Gasteiger partial charge in [-0.25, -0.2) is 9.97 Å². The number of aromatic nitrogens is 3. The number of pyridine rings is 1. The molecule has 0 aliphatic carbocycles. The lowest BCUT2D eigenvalue weighted by atomic mass is 10.2. The van der Waals surface area contributed by atoms with Crippen LogP contribution >= 0.6 is 0 Å². The van der Waals surface area contributed by atoms with Crippen LogP contribution in [0.15, 0.2) is 67.1 Å². The van der Waals surface area contributed by atoms with E-state index >= 15 is 0 Å². The third-order valence-electron chi connectivity index (χ3n) is 3.68. The first-order chi connectivity index (χ1) is 12.2. The van der Waals surface area contributed by atoms with E-state index in [9.17, 15) is 4.79 Å². The Hall–Kier alpha value is -3.28. The lowest BCUT2D eigenvalue weighted by Gasteiger charge is -2.17. The van der Waals surface area contributed by atoms with Gasteiger partial charge < -0.3 is 10.2 Å². The molecule has 0 saturated carbocycles. The Bertz CT molecular complexity index is 806. The number of nitrogens with zero attached hydrogens (tertiary/aromatic N) is 4. The van der Waals surface area contributed by atoms with Crippen LogP contribution in [0.1, 0.15) is 21.7 Å². The highest BCUT2D eigenvalue weighted by molar-refractivity contribution is 5.91. The molecule has 2 aromatic heterocycles. The van der Waals surface area contributed by atoms with Gasteiger partial charge in [0.15, 0.2) is 0 Å². The first-order valence-electron chi connectivity index (χ1n) is 7.97. The first kappa shape index (κ1) is 16.6. The third-order valence-corrected chi connectivity index (χ3v) is 3.68. The van der Waals surface area contributed by atoms with Crippen molar-refractivity contribution in [3.8, 4) is 0 Å². The Labute approximate surface area is 146 Å². The molecule has 2 heterocycles. The van der Waals surface area contributed by atoms with Gasteiger partial charge in [-0.2, -0.15) is 0 Å². The van der Waals surface area contributed by atoms with Crippen LogP contribution in [0.3, 0.4) is 0 Å². The highest BCUT2D eigenvalue weighted by atomic mass is 16.1. The number of carbonyl (C=O) groups is 1. The van der Waals surface area contributed by atoms with Crippen LogP contribution in [-0.2, 0) is 13.1 Å². The van der Waals surface area contributed by atoms with Gasteiger partial charge in [0.1, 0.15) is 11.5 Å². The first-order valence-corrected chi connectivity index (χ1v) is 7.97. The average Bonchev–Trinajstić information content (AvgIpc) is 2.68. The van der Waals surface area contributed by atoms with Crippen molar-refractivity contribution in [3.05, 3.63) is 84.1 Å². The minimum atomic E-state index is -0.268. The van der Waals surface area contributed by atoms with Gasteiger partial charge in [-0.05, 0) is 17.7 Å². The lowest BCUT2D eigenvalue weighted by Crippen LogP contribution is -2.25. The molecule has 0 saturated heterocycles. The van der Waals surface area contributed by atoms with Crippen molar-refractivity contribution >= 4 is 11.7 Å². The second-order valence-corrected chi connectivity index (χ2v) is 5.61. The molecule has 0 aliphatic heterocycles. The van der Waals surface area contributed by atoms with Crippen LogP contribution in [0.2, 0.25) is 0 Å². The van der Waals surface area contributed by atoms with Crippen molar-refractivity contribution < 1.29 is 4.79 Å². The van der Waals surface area contributed by atoms with Crippen LogP contribution < -0.4 is 10.2 Å². The number of hydrogen-bond acceptors (Lipinski definition) is 5. The van der Waals surface area contributed by atoms with E-state index in [0.717, 1.165) is 12.2 Å². The van der Waals surface area contributed by atoms with Crippen LogP contribution in [-0.4, -0.2) is 27.9 Å². The molecule has 1 aromatic carbocycles. The molecule has 1 N–H and O–H groups in total. The Morgan fingerprint density at radius 3 is 2.48 bits per heavy atom. The predicted octanol–water partition coefficient (Wildman–Crippen LogP) is 2.44. The number of anilines is 1. The Balaban J connectivity index is 1.58. The van der Waals surface area contributed by atoms with Gasteiger partial charge in [-0.3, -0.25) is 9.78 Å². The quantitative estimate of drug-likeness (QED) is 0.750. The summed E-state index contributed by atoms with van der Waals surface area (Å²) in [7, 11) is 1.94. The summed E-state index contributed by atoms with van der Waals surface area (Å²) in [6.45, 7) is 1.08. The number of hydrogen-bond donors (Lipinski definition) is 1. The van der Waals surface area contributed by atoms with E-state index in [1.165, 1.54) is 11.8 Å². The summed E-state index contributed by atoms with van der Waals surface area (Å²) in [6.07, 6.45) is 4.79. The second kappa shape index (κ2) is 8.01. The molecule has 0 bridgehead atoms. The van der Waals surface area contributed by atoms with Crippen LogP contribution in [0.5, 0.6) is 0 Å². The van der Waals surface area contributed by atoms with Crippen LogP contribution in [0, 0.1) is 0 Å². The van der Waals surface area contributed by atoms with Crippen LogP contribution in [0.25, 0.3) is 0 Å². The second-order valence-electron chi connectivity index (χ2n) is 5.61. The van der Waals surface area contributed by atoms with Gasteiger partial charge >= 0.3 is 0 Å². The van der Waals surface area contributed by atoms with Gasteiger partial charge in [0, 0.05) is 19.8 Å². The monoisotopic (exact) mass is 333 g/mol. The molecule has 0 atom stereocenters. The maximum Gasteiger partial charge on any atom is 0.271 e. The van der Waals surface area contributed by atoms with Gasteiger partial charge in [-0.15, -0.1) is 0 Å². The molecule has 1 amide bonds. The molecule has 0 unspecified atom stereocenters. The fourth-order valence-corrected chi connectivity index (χ4v) is 2.34. The predicted molar refractivity (Wildman–Crippen MR) is 96.0 cm³/mol. The van der Waals surface area contributed by atoms with E-state index in [0.29, 0.717) is 12.4 Å². The van der Waals surface area contributed by atoms with E-state index in [1.807, 2.05) is 48.3 Å². The topological polar surface area (TPSA) is 71.0 Å². The Morgan fingerprint density at radius 2 is 1.80 bits per heavy atom. The maximum absolute atomic E-state index is 12.1. The zero-order valence-corrected chi connectivity index (χ0v) is 14.0. The number of nitrogens with one attached hydrogen (secondary N) is 1. The number of carbonyl (C=O) groups excluding carboxylic acids is 1. The summed E-state index contributed by atoms with van der Waals surface area (Å²) in [6, 6.07) is 15.7. The Morgan fingerprint density at radius 1 is 1.00 bits per heavy atom. The minimum Gasteiger partial charge on any atom is -0.354 e. The average molecular weight is 333 g/mol. The van der Waals surface area contributed by atoms with Crippen molar-refractivity contribution in [1.29, 1.82) is 0 Å². The minimum absolute atomic E-state index is 0.268. The van der Waals surface area contributed by atoms with Gasteiger partial charge in [0.2, 0.25) is 0 Å². The van der Waals surface area contributed by atoms with E-state index in [1.54, 1.807) is 12.4 Å². The van der Waals surface area contributed by atoms with Gasteiger partial charge in [0.25, 0.3) is 5.91 Å².